The Balaban J connectivity index is 1.67. The fourth-order valence-corrected chi connectivity index (χ4v) is 3.42. The molecule has 23 heavy (non-hydrogen) atoms. The van der Waals surface area contributed by atoms with Gasteiger partial charge in [0.15, 0.2) is 0 Å². The van der Waals surface area contributed by atoms with Crippen molar-refractivity contribution in [1.82, 2.24) is 4.90 Å². The predicted molar refractivity (Wildman–Crippen MR) is 88.1 cm³/mol. The van der Waals surface area contributed by atoms with Gasteiger partial charge in [-0.3, -0.25) is 4.79 Å². The molecule has 1 aliphatic rings. The van der Waals surface area contributed by atoms with Gasteiger partial charge in [-0.05, 0) is 37.3 Å². The molecule has 4 nitrogen and oxygen atoms in total. The maximum atomic E-state index is 12.5. The predicted octanol–water partition coefficient (Wildman–Crippen LogP) is 3.13. The van der Waals surface area contributed by atoms with E-state index in [1.807, 2.05) is 23.1 Å². The number of carbonyl (C=O) groups excluding carboxylic acids is 1. The highest BCUT2D eigenvalue weighted by Crippen LogP contribution is 2.35. The molecular formula is C19H23NO3. The lowest BCUT2D eigenvalue weighted by Crippen LogP contribution is -2.48. The lowest BCUT2D eigenvalue weighted by Gasteiger charge is -2.42. The van der Waals surface area contributed by atoms with E-state index in [1.165, 1.54) is 18.1 Å². The number of aliphatic hydroxyl groups is 1. The molecule has 1 aromatic carbocycles. The molecule has 0 radical (unpaired) electrons. The van der Waals surface area contributed by atoms with Crippen molar-refractivity contribution in [3.8, 4) is 0 Å². The van der Waals surface area contributed by atoms with Crippen LogP contribution in [0.2, 0.25) is 0 Å². The third-order valence-electron chi connectivity index (χ3n) is 4.84. The maximum absolute atomic E-state index is 12.5. The Labute approximate surface area is 136 Å². The zero-order chi connectivity index (χ0) is 16.1. The Morgan fingerprint density at radius 2 is 2.09 bits per heavy atom. The van der Waals surface area contributed by atoms with Gasteiger partial charge in [-0.25, -0.2) is 0 Å². The number of amides is 1. The monoisotopic (exact) mass is 313 g/mol. The highest BCUT2D eigenvalue weighted by molar-refractivity contribution is 5.93. The first kappa shape index (κ1) is 15.8. The molecule has 0 aliphatic carbocycles. The van der Waals surface area contributed by atoms with Crippen molar-refractivity contribution in [2.24, 2.45) is 5.41 Å². The fraction of sp³-hybridized carbons (Fsp3) is 0.421. The van der Waals surface area contributed by atoms with Crippen LogP contribution in [0.5, 0.6) is 0 Å². The first-order chi connectivity index (χ1) is 11.2. The molecule has 1 aliphatic heterocycles. The second kappa shape index (κ2) is 7.01. The van der Waals surface area contributed by atoms with Crippen LogP contribution in [-0.2, 0) is 6.42 Å². The quantitative estimate of drug-likeness (QED) is 0.922. The number of benzene rings is 1. The minimum atomic E-state index is -0.201. The number of nitrogens with zero attached hydrogens (tertiary/aromatic N) is 1. The van der Waals surface area contributed by atoms with E-state index in [-0.39, 0.29) is 17.9 Å². The summed E-state index contributed by atoms with van der Waals surface area (Å²) in [6, 6.07) is 12.0. The Morgan fingerprint density at radius 3 is 2.78 bits per heavy atom. The number of likely N-dealkylation sites (tertiary alicyclic amines) is 1. The van der Waals surface area contributed by atoms with Gasteiger partial charge in [0.2, 0.25) is 0 Å². The molecule has 0 spiro atoms. The number of hydrogen-bond donors (Lipinski definition) is 1. The van der Waals surface area contributed by atoms with Gasteiger partial charge in [0.05, 0.1) is 18.4 Å². The normalized spacial score (nSPS) is 21.3. The third-order valence-corrected chi connectivity index (χ3v) is 4.84. The zero-order valence-corrected chi connectivity index (χ0v) is 13.3. The molecule has 1 aromatic heterocycles. The average Bonchev–Trinajstić information content (AvgIpc) is 3.15. The van der Waals surface area contributed by atoms with Crippen molar-refractivity contribution >= 4 is 5.91 Å². The van der Waals surface area contributed by atoms with E-state index in [0.717, 1.165) is 32.2 Å². The van der Waals surface area contributed by atoms with Crippen molar-refractivity contribution in [1.29, 1.82) is 0 Å². The molecule has 0 saturated carbocycles. The summed E-state index contributed by atoms with van der Waals surface area (Å²) in [6.45, 7) is 1.48. The van der Waals surface area contributed by atoms with E-state index in [9.17, 15) is 9.90 Å². The van der Waals surface area contributed by atoms with Gasteiger partial charge >= 0.3 is 0 Å². The number of furan rings is 1. The lowest BCUT2D eigenvalue weighted by atomic mass is 9.76. The molecule has 2 aromatic rings. The van der Waals surface area contributed by atoms with Crippen molar-refractivity contribution in [2.75, 3.05) is 19.7 Å². The second-order valence-electron chi connectivity index (χ2n) is 6.49. The van der Waals surface area contributed by atoms with E-state index in [0.29, 0.717) is 12.1 Å². The van der Waals surface area contributed by atoms with Gasteiger partial charge in [0.1, 0.15) is 6.26 Å². The van der Waals surface area contributed by atoms with E-state index < -0.39 is 0 Å². The number of piperidine rings is 1. The molecule has 0 unspecified atom stereocenters. The standard InChI is InChI=1S/C19H23NO3/c21-15-19(10-7-16-5-2-1-3-6-16)9-4-11-20(14-19)18(22)17-8-12-23-13-17/h1-3,5-6,8,12-13,21H,4,7,9-11,14-15H2/t19-/m0/s1. The first-order valence-electron chi connectivity index (χ1n) is 8.19. The number of hydrogen-bond acceptors (Lipinski definition) is 3. The Morgan fingerprint density at radius 1 is 1.26 bits per heavy atom. The number of aliphatic hydroxyl groups excluding tert-OH is 1. The number of rotatable bonds is 5. The molecule has 4 heteroatoms. The van der Waals surface area contributed by atoms with Gasteiger partial charge in [-0.2, -0.15) is 0 Å². The molecule has 2 heterocycles. The molecule has 3 rings (SSSR count). The van der Waals surface area contributed by atoms with Crippen LogP contribution in [0, 0.1) is 5.41 Å². The highest BCUT2D eigenvalue weighted by atomic mass is 16.3. The van der Waals surface area contributed by atoms with Crippen molar-refractivity contribution in [3.63, 3.8) is 0 Å². The van der Waals surface area contributed by atoms with Crippen LogP contribution < -0.4 is 0 Å². The molecule has 1 amide bonds. The summed E-state index contributed by atoms with van der Waals surface area (Å²) < 4.78 is 5.01. The van der Waals surface area contributed by atoms with E-state index >= 15 is 0 Å². The van der Waals surface area contributed by atoms with Crippen LogP contribution in [0.15, 0.2) is 53.3 Å². The summed E-state index contributed by atoms with van der Waals surface area (Å²) in [5.74, 6) is -0.00372. The molecular weight excluding hydrogens is 290 g/mol. The summed E-state index contributed by atoms with van der Waals surface area (Å²) in [6.07, 6.45) is 6.72. The lowest BCUT2D eigenvalue weighted by molar-refractivity contribution is 0.0227. The Hall–Kier alpha value is -2.07. The number of carbonyl (C=O) groups is 1. The van der Waals surface area contributed by atoms with Crippen LogP contribution in [0.3, 0.4) is 0 Å². The van der Waals surface area contributed by atoms with Crippen LogP contribution in [-0.4, -0.2) is 35.6 Å². The van der Waals surface area contributed by atoms with Crippen LogP contribution in [0.1, 0.15) is 35.2 Å². The topological polar surface area (TPSA) is 53.7 Å². The van der Waals surface area contributed by atoms with E-state index in [2.05, 4.69) is 12.1 Å². The van der Waals surface area contributed by atoms with Gasteiger partial charge < -0.3 is 14.4 Å². The Kier molecular flexibility index (Phi) is 4.82. The summed E-state index contributed by atoms with van der Waals surface area (Å²) in [7, 11) is 0. The van der Waals surface area contributed by atoms with Gasteiger partial charge in [-0.1, -0.05) is 30.3 Å². The second-order valence-corrected chi connectivity index (χ2v) is 6.49. The zero-order valence-electron chi connectivity index (χ0n) is 13.3. The minimum Gasteiger partial charge on any atom is -0.472 e. The smallest absolute Gasteiger partial charge is 0.257 e. The molecule has 1 N–H and O–H groups in total. The SMILES string of the molecule is O=C(c1ccoc1)N1CCC[C@](CO)(CCc2ccccc2)C1. The fourth-order valence-electron chi connectivity index (χ4n) is 3.42. The molecule has 1 saturated heterocycles. The summed E-state index contributed by atoms with van der Waals surface area (Å²) in [5.41, 5.74) is 1.66. The van der Waals surface area contributed by atoms with Crippen LogP contribution >= 0.6 is 0 Å². The summed E-state index contributed by atoms with van der Waals surface area (Å²) >= 11 is 0. The van der Waals surface area contributed by atoms with Gasteiger partial charge in [0.25, 0.3) is 5.91 Å². The summed E-state index contributed by atoms with van der Waals surface area (Å²) in [5, 5.41) is 9.99. The minimum absolute atomic E-state index is 0.00372. The van der Waals surface area contributed by atoms with E-state index in [1.54, 1.807) is 6.07 Å². The molecule has 0 bridgehead atoms. The molecule has 1 atom stereocenters. The van der Waals surface area contributed by atoms with Gasteiger partial charge in [-0.15, -0.1) is 0 Å². The van der Waals surface area contributed by atoms with Crippen molar-refractivity contribution in [3.05, 3.63) is 60.1 Å². The maximum Gasteiger partial charge on any atom is 0.257 e. The van der Waals surface area contributed by atoms with Gasteiger partial charge in [0, 0.05) is 18.5 Å². The van der Waals surface area contributed by atoms with Crippen molar-refractivity contribution in [2.45, 2.75) is 25.7 Å². The van der Waals surface area contributed by atoms with Crippen LogP contribution in [0.25, 0.3) is 0 Å². The molecule has 1 fully saturated rings. The summed E-state index contributed by atoms with van der Waals surface area (Å²) in [4.78, 5) is 14.4. The number of aryl methyl sites for hydroxylation is 1. The molecule has 122 valence electrons. The van der Waals surface area contributed by atoms with Crippen LogP contribution in [0.4, 0.5) is 0 Å². The highest BCUT2D eigenvalue weighted by Gasteiger charge is 2.36. The average molecular weight is 313 g/mol. The first-order valence-corrected chi connectivity index (χ1v) is 8.19. The third kappa shape index (κ3) is 3.64. The largest absolute Gasteiger partial charge is 0.472 e. The van der Waals surface area contributed by atoms with E-state index in [4.69, 9.17) is 4.42 Å². The Bertz CT molecular complexity index is 623. The van der Waals surface area contributed by atoms with Crippen molar-refractivity contribution < 1.29 is 14.3 Å².